The van der Waals surface area contributed by atoms with E-state index in [1.54, 1.807) is 14.0 Å². The normalized spacial score (nSPS) is 16.4. The number of nitrogens with zero attached hydrogens (tertiary/aromatic N) is 1. The number of methoxy groups -OCH3 is 1. The Bertz CT molecular complexity index is 275. The average Bonchev–Trinajstić information content (AvgIpc) is 2.37. The molecule has 1 saturated heterocycles. The minimum atomic E-state index is -0.373. The van der Waals surface area contributed by atoms with Crippen LogP contribution in [-0.2, 0) is 14.3 Å². The van der Waals surface area contributed by atoms with E-state index in [-0.39, 0.29) is 18.0 Å². The van der Waals surface area contributed by atoms with Crippen LogP contribution >= 0.6 is 0 Å². The Balaban J connectivity index is 2.23. The maximum atomic E-state index is 11.7. The van der Waals surface area contributed by atoms with Crippen LogP contribution < -0.4 is 5.32 Å². The third-order valence-corrected chi connectivity index (χ3v) is 2.97. The first-order chi connectivity index (χ1) is 8.67. The van der Waals surface area contributed by atoms with Crippen molar-refractivity contribution >= 4 is 12.0 Å². The smallest absolute Gasteiger partial charge is 0.407 e. The van der Waals surface area contributed by atoms with Crippen molar-refractivity contribution in [1.29, 1.82) is 0 Å². The first-order valence-corrected chi connectivity index (χ1v) is 6.37. The molecular formula is C12H22N2O4. The number of rotatable bonds is 5. The Morgan fingerprint density at radius 3 is 2.56 bits per heavy atom. The van der Waals surface area contributed by atoms with Gasteiger partial charge in [0, 0.05) is 26.2 Å². The van der Waals surface area contributed by atoms with Crippen LogP contribution in [0.1, 0.15) is 26.2 Å². The maximum Gasteiger partial charge on any atom is 0.407 e. The fraction of sp³-hybridized carbons (Fsp3) is 0.833. The van der Waals surface area contributed by atoms with Gasteiger partial charge in [-0.25, -0.2) is 4.79 Å². The molecule has 0 radical (unpaired) electrons. The largest absolute Gasteiger partial charge is 0.450 e. The Labute approximate surface area is 108 Å². The summed E-state index contributed by atoms with van der Waals surface area (Å²) in [5, 5.41) is 2.80. The van der Waals surface area contributed by atoms with Crippen molar-refractivity contribution in [2.45, 2.75) is 32.2 Å². The first-order valence-electron chi connectivity index (χ1n) is 6.37. The molecule has 1 heterocycles. The Morgan fingerprint density at radius 2 is 2.00 bits per heavy atom. The lowest BCUT2D eigenvalue weighted by Gasteiger charge is -2.32. The Morgan fingerprint density at radius 1 is 1.33 bits per heavy atom. The standard InChI is InChI=1S/C12H22N2O4/c1-3-18-12(16)13-10-4-7-14(8-5-10)11(15)6-9-17-2/h10H,3-9H2,1-2H3,(H,13,16). The number of ether oxygens (including phenoxy) is 2. The van der Waals surface area contributed by atoms with Gasteiger partial charge in [-0.05, 0) is 19.8 Å². The number of amides is 2. The number of likely N-dealkylation sites (tertiary alicyclic amines) is 1. The van der Waals surface area contributed by atoms with Crippen molar-refractivity contribution < 1.29 is 19.1 Å². The highest BCUT2D eigenvalue weighted by atomic mass is 16.5. The molecule has 6 nitrogen and oxygen atoms in total. The van der Waals surface area contributed by atoms with Crippen LogP contribution in [0.25, 0.3) is 0 Å². The van der Waals surface area contributed by atoms with E-state index in [0.717, 1.165) is 12.8 Å². The van der Waals surface area contributed by atoms with Crippen LogP contribution in [0.2, 0.25) is 0 Å². The predicted octanol–water partition coefficient (Wildman–Crippen LogP) is 0.760. The molecule has 0 bridgehead atoms. The average molecular weight is 258 g/mol. The molecule has 1 N–H and O–H groups in total. The van der Waals surface area contributed by atoms with E-state index in [0.29, 0.717) is 32.7 Å². The molecule has 1 fully saturated rings. The second kappa shape index (κ2) is 7.92. The lowest BCUT2D eigenvalue weighted by molar-refractivity contribution is -0.133. The van der Waals surface area contributed by atoms with Crippen LogP contribution in [0.4, 0.5) is 4.79 Å². The molecule has 18 heavy (non-hydrogen) atoms. The Hall–Kier alpha value is -1.30. The molecule has 0 aromatic rings. The molecule has 0 atom stereocenters. The third-order valence-electron chi connectivity index (χ3n) is 2.97. The summed E-state index contributed by atoms with van der Waals surface area (Å²) in [6.45, 7) is 3.97. The van der Waals surface area contributed by atoms with Crippen LogP contribution in [0.3, 0.4) is 0 Å². The van der Waals surface area contributed by atoms with Gasteiger partial charge in [-0.1, -0.05) is 0 Å². The quantitative estimate of drug-likeness (QED) is 0.790. The highest BCUT2D eigenvalue weighted by Crippen LogP contribution is 2.11. The molecule has 0 unspecified atom stereocenters. The summed E-state index contributed by atoms with van der Waals surface area (Å²) in [4.78, 5) is 24.8. The van der Waals surface area contributed by atoms with Crippen molar-refractivity contribution in [3.05, 3.63) is 0 Å². The zero-order valence-electron chi connectivity index (χ0n) is 11.1. The number of carbonyl (C=O) groups is 2. The lowest BCUT2D eigenvalue weighted by atomic mass is 10.1. The van der Waals surface area contributed by atoms with Gasteiger partial charge in [0.2, 0.25) is 5.91 Å². The minimum absolute atomic E-state index is 0.107. The van der Waals surface area contributed by atoms with Gasteiger partial charge in [-0.15, -0.1) is 0 Å². The first kappa shape index (κ1) is 14.8. The summed E-state index contributed by atoms with van der Waals surface area (Å²) in [7, 11) is 1.59. The molecule has 2 amide bonds. The van der Waals surface area contributed by atoms with Gasteiger partial charge < -0.3 is 19.7 Å². The minimum Gasteiger partial charge on any atom is -0.450 e. The van der Waals surface area contributed by atoms with Crippen molar-refractivity contribution in [1.82, 2.24) is 10.2 Å². The fourth-order valence-electron chi connectivity index (χ4n) is 1.96. The highest BCUT2D eigenvalue weighted by Gasteiger charge is 2.23. The molecule has 0 aliphatic carbocycles. The summed E-state index contributed by atoms with van der Waals surface area (Å²) >= 11 is 0. The summed E-state index contributed by atoms with van der Waals surface area (Å²) in [6.07, 6.45) is 1.60. The molecule has 1 rings (SSSR count). The van der Waals surface area contributed by atoms with Crippen LogP contribution in [0, 0.1) is 0 Å². The van der Waals surface area contributed by atoms with E-state index >= 15 is 0 Å². The van der Waals surface area contributed by atoms with Crippen molar-refractivity contribution in [2.24, 2.45) is 0 Å². The van der Waals surface area contributed by atoms with E-state index in [1.165, 1.54) is 0 Å². The number of alkyl carbamates (subject to hydrolysis) is 1. The van der Waals surface area contributed by atoms with Gasteiger partial charge in [-0.2, -0.15) is 0 Å². The van der Waals surface area contributed by atoms with E-state index in [2.05, 4.69) is 5.32 Å². The number of nitrogens with one attached hydrogen (secondary N) is 1. The third kappa shape index (κ3) is 4.91. The summed E-state index contributed by atoms with van der Waals surface area (Å²) < 4.78 is 9.71. The topological polar surface area (TPSA) is 67.9 Å². The van der Waals surface area contributed by atoms with Gasteiger partial charge in [-0.3, -0.25) is 4.79 Å². The molecule has 104 valence electrons. The molecule has 6 heteroatoms. The van der Waals surface area contributed by atoms with E-state index in [1.807, 2.05) is 4.90 Å². The van der Waals surface area contributed by atoms with Crippen LogP contribution in [-0.4, -0.2) is 56.4 Å². The van der Waals surface area contributed by atoms with Crippen LogP contribution in [0.15, 0.2) is 0 Å². The van der Waals surface area contributed by atoms with Gasteiger partial charge in [0.15, 0.2) is 0 Å². The summed E-state index contributed by atoms with van der Waals surface area (Å²) in [6, 6.07) is 0.107. The summed E-state index contributed by atoms with van der Waals surface area (Å²) in [5.74, 6) is 0.117. The molecule has 0 spiro atoms. The molecule has 0 saturated carbocycles. The lowest BCUT2D eigenvalue weighted by Crippen LogP contribution is -2.46. The molecule has 0 aromatic heterocycles. The summed E-state index contributed by atoms with van der Waals surface area (Å²) in [5.41, 5.74) is 0. The van der Waals surface area contributed by atoms with Crippen molar-refractivity contribution in [2.75, 3.05) is 33.4 Å². The number of carbonyl (C=O) groups excluding carboxylic acids is 2. The monoisotopic (exact) mass is 258 g/mol. The Kier molecular flexibility index (Phi) is 6.49. The molecule has 0 aromatic carbocycles. The second-order valence-electron chi connectivity index (χ2n) is 4.26. The maximum absolute atomic E-state index is 11.7. The molecule has 1 aliphatic rings. The number of hydrogen-bond donors (Lipinski definition) is 1. The van der Waals surface area contributed by atoms with Gasteiger partial charge in [0.25, 0.3) is 0 Å². The molecular weight excluding hydrogens is 236 g/mol. The number of piperidine rings is 1. The van der Waals surface area contributed by atoms with Gasteiger partial charge in [0.05, 0.1) is 19.6 Å². The highest BCUT2D eigenvalue weighted by molar-refractivity contribution is 5.76. The fourth-order valence-corrected chi connectivity index (χ4v) is 1.96. The van der Waals surface area contributed by atoms with Gasteiger partial charge >= 0.3 is 6.09 Å². The van der Waals surface area contributed by atoms with Crippen molar-refractivity contribution in [3.8, 4) is 0 Å². The van der Waals surface area contributed by atoms with E-state index in [9.17, 15) is 9.59 Å². The van der Waals surface area contributed by atoms with E-state index < -0.39 is 0 Å². The zero-order valence-corrected chi connectivity index (χ0v) is 11.1. The van der Waals surface area contributed by atoms with Gasteiger partial charge in [0.1, 0.15) is 0 Å². The second-order valence-corrected chi connectivity index (χ2v) is 4.26. The SMILES string of the molecule is CCOC(=O)NC1CCN(C(=O)CCOC)CC1. The molecule has 1 aliphatic heterocycles. The van der Waals surface area contributed by atoms with Crippen molar-refractivity contribution in [3.63, 3.8) is 0 Å². The zero-order chi connectivity index (χ0) is 13.4. The van der Waals surface area contributed by atoms with Crippen LogP contribution in [0.5, 0.6) is 0 Å². The number of hydrogen-bond acceptors (Lipinski definition) is 4. The predicted molar refractivity (Wildman–Crippen MR) is 66.3 cm³/mol. The van der Waals surface area contributed by atoms with E-state index in [4.69, 9.17) is 9.47 Å².